The number of carboxylic acids is 1. The first-order valence-electron chi connectivity index (χ1n) is 6.14. The van der Waals surface area contributed by atoms with Crippen LogP contribution >= 0.6 is 0 Å². The third-order valence-electron chi connectivity index (χ3n) is 3.36. The van der Waals surface area contributed by atoms with Crippen molar-refractivity contribution >= 4 is 16.0 Å². The summed E-state index contributed by atoms with van der Waals surface area (Å²) in [6.07, 6.45) is 0.881. The average Bonchev–Trinajstić information content (AvgIpc) is 2.90. The summed E-state index contributed by atoms with van der Waals surface area (Å²) in [5.41, 5.74) is -0.660. The lowest BCUT2D eigenvalue weighted by atomic mass is 10.2. The van der Waals surface area contributed by atoms with Gasteiger partial charge in [-0.25, -0.2) is 22.0 Å². The van der Waals surface area contributed by atoms with Crippen LogP contribution in [0.15, 0.2) is 17.0 Å². The largest absolute Gasteiger partial charge is 0.478 e. The van der Waals surface area contributed by atoms with Gasteiger partial charge < -0.3 is 10.2 Å². The van der Waals surface area contributed by atoms with E-state index in [1.54, 1.807) is 0 Å². The Morgan fingerprint density at radius 2 is 2.05 bits per heavy atom. The van der Waals surface area contributed by atoms with E-state index in [0.717, 1.165) is 4.31 Å². The van der Waals surface area contributed by atoms with Crippen LogP contribution in [0.25, 0.3) is 0 Å². The average molecular weight is 321 g/mol. The van der Waals surface area contributed by atoms with Crippen LogP contribution in [0.5, 0.6) is 0 Å². The molecule has 0 aliphatic carbocycles. The fourth-order valence-electron chi connectivity index (χ4n) is 2.31. The maximum Gasteiger partial charge on any atom is 0.335 e. The lowest BCUT2D eigenvalue weighted by Gasteiger charge is -2.22. The Kier molecular flexibility index (Phi) is 4.26. The molecule has 0 unspecified atom stereocenters. The van der Waals surface area contributed by atoms with Crippen molar-refractivity contribution in [2.45, 2.75) is 23.8 Å². The molecule has 6 nitrogen and oxygen atoms in total. The SMILES string of the molecule is O=C(O)c1cc(F)c(F)c(S(=O)(=O)N2CCC[C@H]2CO)c1. The van der Waals surface area contributed by atoms with Gasteiger partial charge >= 0.3 is 5.97 Å². The van der Waals surface area contributed by atoms with E-state index < -0.39 is 50.7 Å². The summed E-state index contributed by atoms with van der Waals surface area (Å²) in [5.74, 6) is -4.73. The minimum Gasteiger partial charge on any atom is -0.478 e. The molecule has 1 heterocycles. The quantitative estimate of drug-likeness (QED) is 0.856. The van der Waals surface area contributed by atoms with Gasteiger partial charge in [0, 0.05) is 12.6 Å². The molecule has 0 aromatic heterocycles. The first-order chi connectivity index (χ1) is 9.78. The van der Waals surface area contributed by atoms with Crippen molar-refractivity contribution in [1.82, 2.24) is 4.31 Å². The molecule has 0 bridgehead atoms. The zero-order chi connectivity index (χ0) is 15.8. The number of carbonyl (C=O) groups is 1. The summed E-state index contributed by atoms with van der Waals surface area (Å²) >= 11 is 0. The third kappa shape index (κ3) is 2.76. The Balaban J connectivity index is 2.56. The fourth-order valence-corrected chi connectivity index (χ4v) is 4.10. The number of aromatic carboxylic acids is 1. The molecule has 0 spiro atoms. The van der Waals surface area contributed by atoms with Gasteiger partial charge in [0.05, 0.1) is 12.2 Å². The second-order valence-corrected chi connectivity index (χ2v) is 6.53. The Labute approximate surface area is 119 Å². The molecule has 1 aromatic rings. The van der Waals surface area contributed by atoms with Crippen molar-refractivity contribution in [2.24, 2.45) is 0 Å². The highest BCUT2D eigenvalue weighted by Gasteiger charge is 2.37. The molecule has 1 aliphatic rings. The number of hydrogen-bond acceptors (Lipinski definition) is 4. The lowest BCUT2D eigenvalue weighted by Crippen LogP contribution is -2.38. The maximum absolute atomic E-state index is 13.8. The molecule has 1 fully saturated rings. The molecule has 0 amide bonds. The Morgan fingerprint density at radius 1 is 1.38 bits per heavy atom. The van der Waals surface area contributed by atoms with Gasteiger partial charge in [0.15, 0.2) is 11.6 Å². The van der Waals surface area contributed by atoms with E-state index >= 15 is 0 Å². The summed E-state index contributed by atoms with van der Waals surface area (Å²) in [4.78, 5) is 9.82. The van der Waals surface area contributed by atoms with E-state index in [4.69, 9.17) is 10.2 Å². The molecule has 1 aliphatic heterocycles. The standard InChI is InChI=1S/C12H13F2NO5S/c13-9-4-7(12(17)18)5-10(11(9)14)21(19,20)15-3-1-2-8(15)6-16/h4-5,8,16H,1-3,6H2,(H,17,18)/t8-/m0/s1. The first-order valence-corrected chi connectivity index (χ1v) is 7.58. The van der Waals surface area contributed by atoms with Crippen molar-refractivity contribution in [3.8, 4) is 0 Å². The zero-order valence-electron chi connectivity index (χ0n) is 10.8. The molecule has 0 saturated carbocycles. The van der Waals surface area contributed by atoms with Crippen LogP contribution in [0.3, 0.4) is 0 Å². The molecule has 9 heteroatoms. The molecule has 2 N–H and O–H groups in total. The second-order valence-electron chi connectivity index (χ2n) is 4.67. The molecular formula is C12H13F2NO5S. The predicted molar refractivity (Wildman–Crippen MR) is 67.3 cm³/mol. The number of aliphatic hydroxyl groups excluding tert-OH is 1. The molecule has 1 saturated heterocycles. The number of sulfonamides is 1. The van der Waals surface area contributed by atoms with Crippen molar-refractivity contribution in [3.05, 3.63) is 29.3 Å². The van der Waals surface area contributed by atoms with E-state index in [1.165, 1.54) is 0 Å². The number of hydrogen-bond donors (Lipinski definition) is 2. The summed E-state index contributed by atoms with van der Waals surface area (Å²) in [6, 6.07) is 0.290. The molecular weight excluding hydrogens is 308 g/mol. The number of carboxylic acid groups (broad SMARTS) is 1. The molecule has 2 rings (SSSR count). The number of halogens is 2. The van der Waals surface area contributed by atoms with Crippen LogP contribution in [0, 0.1) is 11.6 Å². The Hall–Kier alpha value is -1.58. The normalized spacial score (nSPS) is 19.9. The van der Waals surface area contributed by atoms with Gasteiger partial charge in [-0.1, -0.05) is 0 Å². The van der Waals surface area contributed by atoms with Gasteiger partial charge in [-0.3, -0.25) is 0 Å². The number of rotatable bonds is 4. The minimum atomic E-state index is -4.41. The first kappa shape index (κ1) is 15.8. The van der Waals surface area contributed by atoms with Crippen LogP contribution in [0.2, 0.25) is 0 Å². The smallest absolute Gasteiger partial charge is 0.335 e. The van der Waals surface area contributed by atoms with Crippen molar-refractivity contribution < 1.29 is 32.2 Å². The van der Waals surface area contributed by atoms with Gasteiger partial charge in [0.25, 0.3) is 0 Å². The van der Waals surface area contributed by atoms with Gasteiger partial charge in [0.1, 0.15) is 4.90 Å². The van der Waals surface area contributed by atoms with Gasteiger partial charge in [-0.2, -0.15) is 4.31 Å². The Morgan fingerprint density at radius 3 is 2.62 bits per heavy atom. The summed E-state index contributed by atoms with van der Waals surface area (Å²) in [6.45, 7) is -0.381. The predicted octanol–water partition coefficient (Wildman–Crippen LogP) is 0.808. The van der Waals surface area contributed by atoms with E-state index in [2.05, 4.69) is 0 Å². The van der Waals surface area contributed by atoms with Crippen LogP contribution < -0.4 is 0 Å². The van der Waals surface area contributed by atoms with Crippen molar-refractivity contribution in [2.75, 3.05) is 13.2 Å². The van der Waals surface area contributed by atoms with E-state index in [-0.39, 0.29) is 6.54 Å². The number of benzene rings is 1. The molecule has 1 atom stereocenters. The number of aliphatic hydroxyl groups is 1. The minimum absolute atomic E-state index is 0.0614. The summed E-state index contributed by atoms with van der Waals surface area (Å²) in [5, 5.41) is 18.0. The molecule has 0 radical (unpaired) electrons. The molecule has 21 heavy (non-hydrogen) atoms. The lowest BCUT2D eigenvalue weighted by molar-refractivity contribution is 0.0696. The highest BCUT2D eigenvalue weighted by atomic mass is 32.2. The maximum atomic E-state index is 13.8. The van der Waals surface area contributed by atoms with E-state index in [1.807, 2.05) is 0 Å². The summed E-state index contributed by atoms with van der Waals surface area (Å²) in [7, 11) is -4.41. The van der Waals surface area contributed by atoms with Crippen molar-refractivity contribution in [1.29, 1.82) is 0 Å². The number of nitrogens with zero attached hydrogens (tertiary/aromatic N) is 1. The van der Waals surface area contributed by atoms with Gasteiger partial charge in [-0.15, -0.1) is 0 Å². The topological polar surface area (TPSA) is 94.9 Å². The van der Waals surface area contributed by atoms with Crippen LogP contribution in [0.4, 0.5) is 8.78 Å². The fraction of sp³-hybridized carbons (Fsp3) is 0.417. The Bertz CT molecular complexity index is 676. The second kappa shape index (κ2) is 5.66. The third-order valence-corrected chi connectivity index (χ3v) is 5.31. The van der Waals surface area contributed by atoms with Crippen LogP contribution in [0.1, 0.15) is 23.2 Å². The van der Waals surface area contributed by atoms with Crippen LogP contribution in [-0.4, -0.2) is 48.1 Å². The monoisotopic (exact) mass is 321 g/mol. The van der Waals surface area contributed by atoms with Crippen molar-refractivity contribution in [3.63, 3.8) is 0 Å². The molecule has 116 valence electrons. The highest BCUT2D eigenvalue weighted by molar-refractivity contribution is 7.89. The van der Waals surface area contributed by atoms with Gasteiger partial charge in [-0.05, 0) is 25.0 Å². The van der Waals surface area contributed by atoms with Crippen LogP contribution in [-0.2, 0) is 10.0 Å². The van der Waals surface area contributed by atoms with E-state index in [0.29, 0.717) is 25.0 Å². The van der Waals surface area contributed by atoms with Gasteiger partial charge in [0.2, 0.25) is 10.0 Å². The van der Waals surface area contributed by atoms with E-state index in [9.17, 15) is 22.0 Å². The zero-order valence-corrected chi connectivity index (χ0v) is 11.6. The summed E-state index contributed by atoms with van der Waals surface area (Å²) < 4.78 is 52.8. The molecule has 1 aromatic carbocycles. The highest BCUT2D eigenvalue weighted by Crippen LogP contribution is 2.29.